The predicted molar refractivity (Wildman–Crippen MR) is 247 cm³/mol. The molecule has 16 nitrogen and oxygen atoms in total. The fourth-order valence-corrected chi connectivity index (χ4v) is 8.86. The number of anilines is 1. The first-order valence-corrected chi connectivity index (χ1v) is 22.8. The molecule has 0 bridgehead atoms. The summed E-state index contributed by atoms with van der Waals surface area (Å²) in [6.45, 7) is 15.5. The van der Waals surface area contributed by atoms with Gasteiger partial charge < -0.3 is 45.6 Å². The van der Waals surface area contributed by atoms with Crippen molar-refractivity contribution in [3.8, 4) is 22.9 Å². The van der Waals surface area contributed by atoms with Gasteiger partial charge in [0.25, 0.3) is 5.91 Å². The van der Waals surface area contributed by atoms with Gasteiger partial charge in [0, 0.05) is 60.4 Å². The minimum absolute atomic E-state index is 0.134. The van der Waals surface area contributed by atoms with E-state index in [-0.39, 0.29) is 31.5 Å². The van der Waals surface area contributed by atoms with E-state index in [2.05, 4.69) is 21.3 Å². The molecule has 1 saturated heterocycles. The van der Waals surface area contributed by atoms with Crippen molar-refractivity contribution < 1.29 is 47.3 Å². The number of hydrogen-bond donors (Lipinski definition) is 5. The van der Waals surface area contributed by atoms with Crippen molar-refractivity contribution in [3.05, 3.63) is 65.0 Å². The number of nitrogens with zero attached hydrogens (tertiary/aromatic N) is 4. The molecule has 5 amide bonds. The third-order valence-corrected chi connectivity index (χ3v) is 12.4. The van der Waals surface area contributed by atoms with E-state index >= 15 is 0 Å². The zero-order chi connectivity index (χ0) is 48.2. The van der Waals surface area contributed by atoms with Gasteiger partial charge in [-0.15, -0.1) is 11.3 Å². The molecule has 5 N–H and O–H groups in total. The fraction of sp³-hybridized carbons (Fsp3) is 0.511. The molecule has 0 radical (unpaired) electrons. The molecule has 356 valence electrons. The number of aliphatic carboxylic acids is 1. The normalized spacial score (nSPS) is 17.9. The van der Waals surface area contributed by atoms with Crippen molar-refractivity contribution in [2.45, 2.75) is 117 Å². The third kappa shape index (κ3) is 11.8. The molecule has 2 aliphatic rings. The molecule has 0 unspecified atom stereocenters. The number of thiazole rings is 1. The van der Waals surface area contributed by atoms with E-state index in [0.717, 1.165) is 5.56 Å². The number of fused-ring (bicyclic) bond motifs is 2. The Kier molecular flexibility index (Phi) is 15.1. The number of halogens is 2. The van der Waals surface area contributed by atoms with Gasteiger partial charge in [-0.05, 0) is 54.9 Å². The maximum atomic E-state index is 14.9. The number of carbonyl (C=O) groups excluding carboxylic acids is 4. The second kappa shape index (κ2) is 20.2. The molecule has 5 atom stereocenters. The van der Waals surface area contributed by atoms with Crippen LogP contribution in [0.5, 0.6) is 11.5 Å². The molecule has 4 heterocycles. The van der Waals surface area contributed by atoms with Gasteiger partial charge in [-0.3, -0.25) is 14.4 Å². The van der Waals surface area contributed by atoms with Gasteiger partial charge >= 0.3 is 12.0 Å². The SMILES string of the molecule is COc1ccc2c(O[C@@H]3C[C@@H](C(=O)N[C@@H](CC(F)F)C(=O)O)N(C(=O)[C@@H](NC(=O)N[C@H](CN4CCc5ccccc5C4=O)C(C)(C)C)C(C)(C)C)C3)cc(-c3csc(NC(C)C)n3)nc2c1. The average Bonchev–Trinajstić information content (AvgIpc) is 3.89. The Balaban J connectivity index is 1.29. The van der Waals surface area contributed by atoms with E-state index in [1.807, 2.05) is 58.2 Å². The zero-order valence-corrected chi connectivity index (χ0v) is 39.6. The summed E-state index contributed by atoms with van der Waals surface area (Å²) < 4.78 is 39.2. The van der Waals surface area contributed by atoms with E-state index < -0.39 is 77.8 Å². The van der Waals surface area contributed by atoms with Gasteiger partial charge in [-0.25, -0.2) is 28.3 Å². The number of carbonyl (C=O) groups is 5. The van der Waals surface area contributed by atoms with Gasteiger partial charge in [0.05, 0.1) is 30.9 Å². The fourth-order valence-electron chi connectivity index (χ4n) is 8.01. The topological polar surface area (TPSA) is 204 Å². The number of aromatic nitrogens is 2. The predicted octanol–water partition coefficient (Wildman–Crippen LogP) is 6.59. The summed E-state index contributed by atoms with van der Waals surface area (Å²) in [5, 5.41) is 24.2. The van der Waals surface area contributed by atoms with Crippen LogP contribution in [-0.4, -0.2) is 124 Å². The van der Waals surface area contributed by atoms with Crippen LogP contribution in [0.3, 0.4) is 0 Å². The minimum Gasteiger partial charge on any atom is -0.497 e. The van der Waals surface area contributed by atoms with Crippen LogP contribution in [0.1, 0.15) is 84.2 Å². The number of ether oxygens (including phenoxy) is 2. The highest BCUT2D eigenvalue weighted by molar-refractivity contribution is 7.14. The summed E-state index contributed by atoms with van der Waals surface area (Å²) in [6, 6.07) is 8.66. The van der Waals surface area contributed by atoms with Gasteiger partial charge in [-0.1, -0.05) is 59.7 Å². The molecule has 0 saturated carbocycles. The Hall–Kier alpha value is -6.11. The van der Waals surface area contributed by atoms with Crippen LogP contribution in [0.4, 0.5) is 18.7 Å². The van der Waals surface area contributed by atoms with Crippen LogP contribution >= 0.6 is 11.3 Å². The Labute approximate surface area is 387 Å². The van der Waals surface area contributed by atoms with Crippen LogP contribution in [-0.2, 0) is 20.8 Å². The van der Waals surface area contributed by atoms with Crippen molar-refractivity contribution in [2.24, 2.45) is 10.8 Å². The first-order valence-electron chi connectivity index (χ1n) is 22.0. The number of methoxy groups -OCH3 is 1. The highest BCUT2D eigenvalue weighted by atomic mass is 32.1. The van der Waals surface area contributed by atoms with Crippen molar-refractivity contribution in [1.29, 1.82) is 0 Å². The molecule has 6 rings (SSSR count). The Morgan fingerprint density at radius 2 is 1.68 bits per heavy atom. The summed E-state index contributed by atoms with van der Waals surface area (Å²) in [4.78, 5) is 81.1. The molecule has 2 aromatic carbocycles. The Morgan fingerprint density at radius 1 is 0.955 bits per heavy atom. The number of benzene rings is 2. The van der Waals surface area contributed by atoms with Crippen LogP contribution in [0.2, 0.25) is 0 Å². The summed E-state index contributed by atoms with van der Waals surface area (Å²) in [6.07, 6.45) is -4.58. The molecule has 0 aliphatic carbocycles. The molecule has 19 heteroatoms. The summed E-state index contributed by atoms with van der Waals surface area (Å²) in [5.74, 6) is -2.58. The molecular weight excluding hydrogens is 875 g/mol. The molecule has 0 spiro atoms. The van der Waals surface area contributed by atoms with Crippen molar-refractivity contribution >= 4 is 57.1 Å². The number of rotatable bonds is 16. The van der Waals surface area contributed by atoms with Gasteiger partial charge in [-0.2, -0.15) is 0 Å². The van der Waals surface area contributed by atoms with Crippen LogP contribution in [0, 0.1) is 10.8 Å². The zero-order valence-electron chi connectivity index (χ0n) is 38.7. The van der Waals surface area contributed by atoms with Gasteiger partial charge in [0.1, 0.15) is 41.4 Å². The number of amides is 5. The van der Waals surface area contributed by atoms with E-state index in [9.17, 15) is 37.9 Å². The summed E-state index contributed by atoms with van der Waals surface area (Å²) >= 11 is 1.41. The lowest BCUT2D eigenvalue weighted by atomic mass is 9.85. The first kappa shape index (κ1) is 49.3. The molecule has 66 heavy (non-hydrogen) atoms. The maximum Gasteiger partial charge on any atom is 0.326 e. The van der Waals surface area contributed by atoms with E-state index in [4.69, 9.17) is 19.4 Å². The number of alkyl halides is 2. The average molecular weight is 935 g/mol. The summed E-state index contributed by atoms with van der Waals surface area (Å²) in [7, 11) is 1.53. The number of likely N-dealkylation sites (tertiary alicyclic amines) is 1. The van der Waals surface area contributed by atoms with Crippen LogP contribution in [0.25, 0.3) is 22.3 Å². The lowest BCUT2D eigenvalue weighted by molar-refractivity contribution is -0.145. The van der Waals surface area contributed by atoms with Crippen LogP contribution < -0.4 is 30.7 Å². The summed E-state index contributed by atoms with van der Waals surface area (Å²) in [5.41, 5.74) is 1.63. The standard InChI is InChI=1S/C47H60F2N8O8S/c1-25(2)50-45-53-34(24-66-45)32-20-36(30-15-14-27(64-9)18-31(30)51-32)65-28-19-35(40(58)52-33(43(61)62)21-38(48)49)57(22-28)42(60)39(47(6,7)8)55-44(63)54-37(46(3,4)5)23-56-17-16-26-12-10-11-13-29(26)41(56)59/h10-15,18,20,24-25,28,33,35,37-39H,16-17,19,21-23H2,1-9H3,(H,50,53)(H,52,58)(H,61,62)(H2,54,55,63)/t28-,33+,35+,37-,39-/m1/s1. The lowest BCUT2D eigenvalue weighted by Gasteiger charge is -2.39. The van der Waals surface area contributed by atoms with Gasteiger partial charge in [0.15, 0.2) is 5.13 Å². The number of pyridine rings is 1. The first-order chi connectivity index (χ1) is 31.0. The smallest absolute Gasteiger partial charge is 0.326 e. The third-order valence-electron chi connectivity index (χ3n) is 11.7. The highest BCUT2D eigenvalue weighted by Crippen LogP contribution is 2.36. The van der Waals surface area contributed by atoms with Gasteiger partial charge in [0.2, 0.25) is 18.2 Å². The second-order valence-corrected chi connectivity index (χ2v) is 20.1. The highest BCUT2D eigenvalue weighted by Gasteiger charge is 2.47. The van der Waals surface area contributed by atoms with Crippen molar-refractivity contribution in [2.75, 3.05) is 32.1 Å². The molecule has 1 fully saturated rings. The largest absolute Gasteiger partial charge is 0.497 e. The number of nitrogens with one attached hydrogen (secondary N) is 4. The van der Waals surface area contributed by atoms with Crippen molar-refractivity contribution in [1.82, 2.24) is 35.7 Å². The minimum atomic E-state index is -3.04. The monoisotopic (exact) mass is 934 g/mol. The number of urea groups is 1. The number of carboxylic acids is 1. The number of hydrogen-bond acceptors (Lipinski definition) is 11. The Morgan fingerprint density at radius 3 is 2.33 bits per heavy atom. The Bertz CT molecular complexity index is 2440. The quantitative estimate of drug-likeness (QED) is 0.0811. The molecular formula is C47H60F2N8O8S. The molecule has 2 aromatic heterocycles. The second-order valence-electron chi connectivity index (χ2n) is 19.2. The van der Waals surface area contributed by atoms with E-state index in [1.54, 1.807) is 56.0 Å². The number of carboxylic acid groups (broad SMARTS) is 1. The maximum absolute atomic E-state index is 14.9. The molecule has 2 aliphatic heterocycles. The van der Waals surface area contributed by atoms with Crippen molar-refractivity contribution in [3.63, 3.8) is 0 Å². The molecule has 4 aromatic rings. The van der Waals surface area contributed by atoms with E-state index in [1.165, 1.54) is 23.3 Å². The van der Waals surface area contributed by atoms with Crippen LogP contribution in [0.15, 0.2) is 53.9 Å². The van der Waals surface area contributed by atoms with E-state index in [0.29, 0.717) is 57.5 Å². The lowest BCUT2D eigenvalue weighted by Crippen LogP contribution is -2.62.